The topological polar surface area (TPSA) is 87.1 Å². The van der Waals surface area contributed by atoms with Crippen LogP contribution in [0.15, 0.2) is 28.7 Å². The highest BCUT2D eigenvalue weighted by atomic mass is 19.1. The quantitative estimate of drug-likeness (QED) is 0.794. The second-order valence-corrected chi connectivity index (χ2v) is 4.44. The van der Waals surface area contributed by atoms with Crippen LogP contribution in [-0.2, 0) is 0 Å². The molecule has 0 atom stereocenters. The van der Waals surface area contributed by atoms with E-state index in [0.717, 1.165) is 6.42 Å². The third-order valence-corrected chi connectivity index (χ3v) is 2.77. The van der Waals surface area contributed by atoms with Gasteiger partial charge in [0.25, 0.3) is 0 Å². The zero-order chi connectivity index (χ0) is 14.8. The molecule has 0 saturated heterocycles. The van der Waals surface area contributed by atoms with E-state index in [-0.39, 0.29) is 23.6 Å². The molecule has 0 bridgehead atoms. The van der Waals surface area contributed by atoms with Gasteiger partial charge in [-0.25, -0.2) is 4.39 Å². The fourth-order valence-electron chi connectivity index (χ4n) is 1.86. The van der Waals surface area contributed by atoms with Gasteiger partial charge in [-0.05, 0) is 30.7 Å². The summed E-state index contributed by atoms with van der Waals surface area (Å²) in [5.41, 5.74) is 6.19. The average molecular weight is 288 g/mol. The van der Waals surface area contributed by atoms with Gasteiger partial charge in [-0.2, -0.15) is 15.0 Å². The number of rotatable bonds is 4. The molecule has 6 nitrogen and oxygen atoms in total. The van der Waals surface area contributed by atoms with Gasteiger partial charge >= 0.3 is 6.01 Å². The lowest BCUT2D eigenvalue weighted by atomic mass is 10.2. The minimum absolute atomic E-state index is 0.0396. The van der Waals surface area contributed by atoms with Crippen molar-refractivity contribution >= 4 is 16.9 Å². The van der Waals surface area contributed by atoms with Crippen molar-refractivity contribution in [2.24, 2.45) is 0 Å². The van der Waals surface area contributed by atoms with Crippen LogP contribution in [-0.4, -0.2) is 21.6 Å². The minimum Gasteiger partial charge on any atom is -0.463 e. The lowest BCUT2D eigenvalue weighted by molar-refractivity contribution is 0.292. The van der Waals surface area contributed by atoms with Gasteiger partial charge in [0.15, 0.2) is 5.76 Å². The monoisotopic (exact) mass is 288 g/mol. The van der Waals surface area contributed by atoms with Gasteiger partial charge in [-0.15, -0.1) is 0 Å². The van der Waals surface area contributed by atoms with Crippen LogP contribution in [0.2, 0.25) is 0 Å². The van der Waals surface area contributed by atoms with E-state index in [1.807, 2.05) is 6.92 Å². The van der Waals surface area contributed by atoms with Crippen molar-refractivity contribution in [1.29, 1.82) is 0 Å². The Labute approximate surface area is 119 Å². The molecule has 0 amide bonds. The summed E-state index contributed by atoms with van der Waals surface area (Å²) in [5.74, 6) is 0.339. The van der Waals surface area contributed by atoms with Crippen LogP contribution in [0.3, 0.4) is 0 Å². The number of hydrogen-bond donors (Lipinski definition) is 1. The molecule has 0 fully saturated rings. The van der Waals surface area contributed by atoms with Crippen LogP contribution >= 0.6 is 0 Å². The third-order valence-electron chi connectivity index (χ3n) is 2.77. The first-order valence-corrected chi connectivity index (χ1v) is 6.49. The minimum atomic E-state index is -0.336. The number of ether oxygens (including phenoxy) is 1. The third kappa shape index (κ3) is 2.76. The maximum atomic E-state index is 13.2. The van der Waals surface area contributed by atoms with E-state index >= 15 is 0 Å². The Kier molecular flexibility index (Phi) is 3.39. The molecule has 108 valence electrons. The molecule has 0 aliphatic rings. The summed E-state index contributed by atoms with van der Waals surface area (Å²) in [5, 5.41) is 0.625. The standard InChI is InChI=1S/C14H13FN4O2/c1-2-5-20-14-18-12(17-13(16)19-14)11-7-8-6-9(15)3-4-10(8)21-11/h3-4,6-7H,2,5H2,1H3,(H2,16,17,18,19). The predicted octanol–water partition coefficient (Wildman–Crippen LogP) is 2.79. The zero-order valence-electron chi connectivity index (χ0n) is 11.3. The largest absolute Gasteiger partial charge is 0.463 e. The van der Waals surface area contributed by atoms with E-state index in [0.29, 0.717) is 23.3 Å². The molecule has 0 saturated carbocycles. The number of nitrogens with zero attached hydrogens (tertiary/aromatic N) is 3. The fraction of sp³-hybridized carbons (Fsp3) is 0.214. The Balaban J connectivity index is 2.02. The Bertz CT molecular complexity index is 788. The fourth-order valence-corrected chi connectivity index (χ4v) is 1.86. The van der Waals surface area contributed by atoms with Crippen molar-refractivity contribution in [2.45, 2.75) is 13.3 Å². The van der Waals surface area contributed by atoms with E-state index in [1.54, 1.807) is 12.1 Å². The SMILES string of the molecule is CCCOc1nc(N)nc(-c2cc3cc(F)ccc3o2)n1. The number of hydrogen-bond acceptors (Lipinski definition) is 6. The van der Waals surface area contributed by atoms with Crippen molar-refractivity contribution < 1.29 is 13.5 Å². The summed E-state index contributed by atoms with van der Waals surface area (Å²) in [6, 6.07) is 6.05. The van der Waals surface area contributed by atoms with Crippen molar-refractivity contribution in [3.05, 3.63) is 30.1 Å². The summed E-state index contributed by atoms with van der Waals surface area (Å²) in [4.78, 5) is 12.1. The van der Waals surface area contributed by atoms with Crippen LogP contribution in [0.25, 0.3) is 22.6 Å². The zero-order valence-corrected chi connectivity index (χ0v) is 11.3. The number of benzene rings is 1. The molecule has 3 aromatic rings. The molecule has 2 aromatic heterocycles. The Hall–Kier alpha value is -2.70. The summed E-state index contributed by atoms with van der Waals surface area (Å²) in [7, 11) is 0. The second-order valence-electron chi connectivity index (χ2n) is 4.44. The number of aromatic nitrogens is 3. The van der Waals surface area contributed by atoms with Gasteiger partial charge in [0, 0.05) is 5.39 Å². The number of furan rings is 1. The Morgan fingerprint density at radius 1 is 1.24 bits per heavy atom. The molecule has 0 spiro atoms. The molecule has 7 heteroatoms. The van der Waals surface area contributed by atoms with Crippen molar-refractivity contribution in [2.75, 3.05) is 12.3 Å². The summed E-state index contributed by atoms with van der Waals surface area (Å²) >= 11 is 0. The second kappa shape index (κ2) is 5.35. The van der Waals surface area contributed by atoms with E-state index in [4.69, 9.17) is 14.9 Å². The van der Waals surface area contributed by atoms with Crippen LogP contribution < -0.4 is 10.5 Å². The molecule has 21 heavy (non-hydrogen) atoms. The maximum absolute atomic E-state index is 13.2. The number of nitrogens with two attached hydrogens (primary N) is 1. The molecule has 3 rings (SSSR count). The van der Waals surface area contributed by atoms with Gasteiger partial charge in [0.1, 0.15) is 11.4 Å². The van der Waals surface area contributed by atoms with Crippen LogP contribution in [0.1, 0.15) is 13.3 Å². The van der Waals surface area contributed by atoms with Gasteiger partial charge in [-0.1, -0.05) is 6.92 Å². The van der Waals surface area contributed by atoms with Crippen LogP contribution in [0.5, 0.6) is 6.01 Å². The van der Waals surface area contributed by atoms with Gasteiger partial charge in [0.2, 0.25) is 11.8 Å². The van der Waals surface area contributed by atoms with Crippen LogP contribution in [0.4, 0.5) is 10.3 Å². The van der Waals surface area contributed by atoms with E-state index in [1.165, 1.54) is 12.1 Å². The smallest absolute Gasteiger partial charge is 0.321 e. The van der Waals surface area contributed by atoms with Gasteiger partial charge < -0.3 is 14.9 Å². The first kappa shape index (κ1) is 13.3. The average Bonchev–Trinajstić information content (AvgIpc) is 2.87. The predicted molar refractivity (Wildman–Crippen MR) is 75.2 cm³/mol. The number of anilines is 1. The van der Waals surface area contributed by atoms with Gasteiger partial charge in [0.05, 0.1) is 6.61 Å². The molecule has 2 heterocycles. The van der Waals surface area contributed by atoms with Crippen molar-refractivity contribution in [3.63, 3.8) is 0 Å². The molecular formula is C14H13FN4O2. The number of halogens is 1. The highest BCUT2D eigenvalue weighted by molar-refractivity contribution is 5.81. The Morgan fingerprint density at radius 2 is 2.10 bits per heavy atom. The number of fused-ring (bicyclic) bond motifs is 1. The molecule has 2 N–H and O–H groups in total. The molecular weight excluding hydrogens is 275 g/mol. The molecule has 0 radical (unpaired) electrons. The van der Waals surface area contributed by atoms with Crippen molar-refractivity contribution in [3.8, 4) is 17.6 Å². The van der Waals surface area contributed by atoms with E-state index in [2.05, 4.69) is 15.0 Å². The first-order chi connectivity index (χ1) is 10.2. The highest BCUT2D eigenvalue weighted by Crippen LogP contribution is 2.27. The van der Waals surface area contributed by atoms with E-state index < -0.39 is 0 Å². The summed E-state index contributed by atoms with van der Waals surface area (Å²) in [6.07, 6.45) is 0.824. The maximum Gasteiger partial charge on any atom is 0.321 e. The van der Waals surface area contributed by atoms with Crippen molar-refractivity contribution in [1.82, 2.24) is 15.0 Å². The summed E-state index contributed by atoms with van der Waals surface area (Å²) in [6.45, 7) is 2.45. The van der Waals surface area contributed by atoms with E-state index in [9.17, 15) is 4.39 Å². The van der Waals surface area contributed by atoms with Gasteiger partial charge in [-0.3, -0.25) is 0 Å². The molecule has 0 aliphatic carbocycles. The molecule has 0 unspecified atom stereocenters. The molecule has 1 aromatic carbocycles. The lowest BCUT2D eigenvalue weighted by Crippen LogP contribution is -2.05. The first-order valence-electron chi connectivity index (χ1n) is 6.49. The lowest BCUT2D eigenvalue weighted by Gasteiger charge is -2.03. The van der Waals surface area contributed by atoms with Crippen LogP contribution in [0, 0.1) is 5.82 Å². The Morgan fingerprint density at radius 3 is 2.90 bits per heavy atom. The molecule has 0 aliphatic heterocycles. The summed E-state index contributed by atoms with van der Waals surface area (Å²) < 4.78 is 24.1. The number of nitrogen functional groups attached to an aromatic ring is 1. The normalized spacial score (nSPS) is 11.0. The highest BCUT2D eigenvalue weighted by Gasteiger charge is 2.13.